The number of amides is 1. The van der Waals surface area contributed by atoms with Gasteiger partial charge >= 0.3 is 0 Å². The summed E-state index contributed by atoms with van der Waals surface area (Å²) in [7, 11) is 0. The van der Waals surface area contributed by atoms with Crippen molar-refractivity contribution in [3.63, 3.8) is 0 Å². The molecule has 1 N–H and O–H groups in total. The molecule has 1 saturated heterocycles. The molecular weight excluding hydrogens is 228 g/mol. The van der Waals surface area contributed by atoms with Crippen LogP contribution in [0.5, 0.6) is 0 Å². The fraction of sp³-hybridized carbons (Fsp3) is 0.929. The molecule has 2 aliphatic rings. The Morgan fingerprint density at radius 1 is 1.28 bits per heavy atom. The highest BCUT2D eigenvalue weighted by atomic mass is 16.5. The maximum Gasteiger partial charge on any atom is 0.223 e. The number of ether oxygens (including phenoxy) is 1. The molecule has 0 radical (unpaired) electrons. The zero-order valence-corrected chi connectivity index (χ0v) is 11.5. The van der Waals surface area contributed by atoms with Crippen LogP contribution in [0.25, 0.3) is 0 Å². The largest absolute Gasteiger partial charge is 0.378 e. The van der Waals surface area contributed by atoms with E-state index in [0.717, 1.165) is 39.1 Å². The van der Waals surface area contributed by atoms with E-state index in [9.17, 15) is 4.79 Å². The molecule has 1 aliphatic heterocycles. The number of hydrogen-bond acceptors (Lipinski definition) is 3. The van der Waals surface area contributed by atoms with Gasteiger partial charge in [0.25, 0.3) is 0 Å². The second-order valence-corrected chi connectivity index (χ2v) is 5.39. The smallest absolute Gasteiger partial charge is 0.223 e. The number of carbonyl (C=O) groups excluding carboxylic acids is 1. The van der Waals surface area contributed by atoms with Crippen molar-refractivity contribution in [3.05, 3.63) is 0 Å². The van der Waals surface area contributed by atoms with Gasteiger partial charge in [-0.05, 0) is 39.0 Å². The number of piperidine rings is 1. The Bertz CT molecular complexity index is 259. The van der Waals surface area contributed by atoms with Crippen molar-refractivity contribution in [2.24, 2.45) is 0 Å². The molecule has 2 fully saturated rings. The van der Waals surface area contributed by atoms with E-state index in [2.05, 4.69) is 5.32 Å². The lowest BCUT2D eigenvalue weighted by molar-refractivity contribution is -0.132. The maximum absolute atomic E-state index is 11.9. The SMILES string of the molecule is CCOC1CC(NCCC(=O)N2CCCCC2)C1. The summed E-state index contributed by atoms with van der Waals surface area (Å²) in [6.07, 6.45) is 6.94. The Balaban J connectivity index is 1.52. The summed E-state index contributed by atoms with van der Waals surface area (Å²) in [4.78, 5) is 13.9. The first-order valence-corrected chi connectivity index (χ1v) is 7.42. The van der Waals surface area contributed by atoms with Crippen molar-refractivity contribution in [2.45, 2.75) is 57.6 Å². The first-order chi connectivity index (χ1) is 8.79. The van der Waals surface area contributed by atoms with Gasteiger partial charge in [-0.3, -0.25) is 4.79 Å². The third kappa shape index (κ3) is 3.95. The molecule has 2 rings (SSSR count). The fourth-order valence-corrected chi connectivity index (χ4v) is 2.79. The molecule has 0 aromatic rings. The second kappa shape index (κ2) is 7.10. The van der Waals surface area contributed by atoms with Gasteiger partial charge in [0.15, 0.2) is 0 Å². The number of nitrogens with one attached hydrogen (secondary N) is 1. The predicted molar refractivity (Wildman–Crippen MR) is 71.5 cm³/mol. The number of likely N-dealkylation sites (tertiary alicyclic amines) is 1. The third-order valence-corrected chi connectivity index (χ3v) is 3.98. The lowest BCUT2D eigenvalue weighted by atomic mass is 9.89. The molecule has 0 spiro atoms. The van der Waals surface area contributed by atoms with Crippen LogP contribution < -0.4 is 5.32 Å². The van der Waals surface area contributed by atoms with Crippen LogP contribution in [0.15, 0.2) is 0 Å². The minimum atomic E-state index is 0.322. The van der Waals surface area contributed by atoms with Crippen LogP contribution in [0.2, 0.25) is 0 Å². The van der Waals surface area contributed by atoms with E-state index in [0.29, 0.717) is 24.5 Å². The van der Waals surface area contributed by atoms with E-state index in [-0.39, 0.29) is 0 Å². The molecule has 0 aromatic heterocycles. The van der Waals surface area contributed by atoms with Crippen LogP contribution in [0, 0.1) is 0 Å². The first kappa shape index (κ1) is 13.8. The Kier molecular flexibility index (Phi) is 5.45. The van der Waals surface area contributed by atoms with Gasteiger partial charge in [0, 0.05) is 38.7 Å². The van der Waals surface area contributed by atoms with Crippen molar-refractivity contribution < 1.29 is 9.53 Å². The Hall–Kier alpha value is -0.610. The number of carbonyl (C=O) groups is 1. The Morgan fingerprint density at radius 3 is 2.67 bits per heavy atom. The lowest BCUT2D eigenvalue weighted by Gasteiger charge is -2.35. The molecule has 1 saturated carbocycles. The van der Waals surface area contributed by atoms with Gasteiger partial charge in [-0.25, -0.2) is 0 Å². The average Bonchev–Trinajstić information content (AvgIpc) is 2.36. The lowest BCUT2D eigenvalue weighted by Crippen LogP contribution is -2.46. The van der Waals surface area contributed by atoms with Crippen LogP contribution >= 0.6 is 0 Å². The van der Waals surface area contributed by atoms with E-state index in [1.54, 1.807) is 0 Å². The average molecular weight is 254 g/mol. The van der Waals surface area contributed by atoms with Crippen LogP contribution in [0.3, 0.4) is 0 Å². The van der Waals surface area contributed by atoms with Crippen LogP contribution in [-0.2, 0) is 9.53 Å². The van der Waals surface area contributed by atoms with E-state index in [4.69, 9.17) is 4.74 Å². The van der Waals surface area contributed by atoms with Gasteiger partial charge in [-0.1, -0.05) is 0 Å². The summed E-state index contributed by atoms with van der Waals surface area (Å²) in [5.41, 5.74) is 0. The quantitative estimate of drug-likeness (QED) is 0.782. The molecule has 1 aliphatic carbocycles. The maximum atomic E-state index is 11.9. The second-order valence-electron chi connectivity index (χ2n) is 5.39. The van der Waals surface area contributed by atoms with Gasteiger partial charge in [0.1, 0.15) is 0 Å². The van der Waals surface area contributed by atoms with Gasteiger partial charge < -0.3 is 15.0 Å². The highest BCUT2D eigenvalue weighted by Gasteiger charge is 2.29. The molecular formula is C14H26N2O2. The number of rotatable bonds is 6. The van der Waals surface area contributed by atoms with E-state index in [1.807, 2.05) is 11.8 Å². The number of hydrogen-bond donors (Lipinski definition) is 1. The zero-order valence-electron chi connectivity index (χ0n) is 11.5. The Labute approximate surface area is 110 Å². The van der Waals surface area contributed by atoms with Gasteiger partial charge in [0.2, 0.25) is 5.91 Å². The molecule has 0 aromatic carbocycles. The third-order valence-electron chi connectivity index (χ3n) is 3.98. The van der Waals surface area contributed by atoms with Gasteiger partial charge in [-0.2, -0.15) is 0 Å². The van der Waals surface area contributed by atoms with Crippen molar-refractivity contribution >= 4 is 5.91 Å². The van der Waals surface area contributed by atoms with Crippen molar-refractivity contribution in [3.8, 4) is 0 Å². The highest BCUT2D eigenvalue weighted by molar-refractivity contribution is 5.76. The van der Waals surface area contributed by atoms with Crippen molar-refractivity contribution in [1.29, 1.82) is 0 Å². The summed E-state index contributed by atoms with van der Waals surface area (Å²) < 4.78 is 5.52. The molecule has 104 valence electrons. The van der Waals surface area contributed by atoms with Crippen molar-refractivity contribution in [1.82, 2.24) is 10.2 Å². The summed E-state index contributed by atoms with van der Waals surface area (Å²) >= 11 is 0. The molecule has 1 heterocycles. The summed E-state index contributed by atoms with van der Waals surface area (Å²) in [5.74, 6) is 0.322. The minimum absolute atomic E-state index is 0.322. The van der Waals surface area contributed by atoms with Gasteiger partial charge in [-0.15, -0.1) is 0 Å². The standard InChI is InChI=1S/C14H26N2O2/c1-2-18-13-10-12(11-13)15-7-6-14(17)16-8-4-3-5-9-16/h12-13,15H,2-11H2,1H3. The predicted octanol–water partition coefficient (Wildman–Crippen LogP) is 1.55. The summed E-state index contributed by atoms with van der Waals surface area (Å²) in [5, 5.41) is 3.45. The molecule has 1 amide bonds. The molecule has 18 heavy (non-hydrogen) atoms. The molecule has 0 atom stereocenters. The summed E-state index contributed by atoms with van der Waals surface area (Å²) in [6, 6.07) is 0.565. The van der Waals surface area contributed by atoms with E-state index < -0.39 is 0 Å². The Morgan fingerprint density at radius 2 is 2.00 bits per heavy atom. The van der Waals surface area contributed by atoms with Gasteiger partial charge in [0.05, 0.1) is 6.10 Å². The topological polar surface area (TPSA) is 41.6 Å². The van der Waals surface area contributed by atoms with E-state index >= 15 is 0 Å². The molecule has 0 unspecified atom stereocenters. The minimum Gasteiger partial charge on any atom is -0.378 e. The monoisotopic (exact) mass is 254 g/mol. The molecule has 0 bridgehead atoms. The molecule has 4 heteroatoms. The molecule has 4 nitrogen and oxygen atoms in total. The van der Waals surface area contributed by atoms with Crippen LogP contribution in [0.4, 0.5) is 0 Å². The van der Waals surface area contributed by atoms with E-state index in [1.165, 1.54) is 19.3 Å². The first-order valence-electron chi connectivity index (χ1n) is 7.42. The van der Waals surface area contributed by atoms with Crippen molar-refractivity contribution in [2.75, 3.05) is 26.2 Å². The normalized spacial score (nSPS) is 27.9. The highest BCUT2D eigenvalue weighted by Crippen LogP contribution is 2.23. The van der Waals surface area contributed by atoms with Crippen LogP contribution in [0.1, 0.15) is 45.4 Å². The number of nitrogens with zero attached hydrogens (tertiary/aromatic N) is 1. The fourth-order valence-electron chi connectivity index (χ4n) is 2.79. The van der Waals surface area contributed by atoms with Crippen LogP contribution in [-0.4, -0.2) is 49.2 Å². The summed E-state index contributed by atoms with van der Waals surface area (Å²) in [6.45, 7) is 5.60. The zero-order chi connectivity index (χ0) is 12.8.